The molecule has 1 atom stereocenters. The fourth-order valence-electron chi connectivity index (χ4n) is 3.49. The van der Waals surface area contributed by atoms with Crippen molar-refractivity contribution in [2.45, 2.75) is 52.4 Å². The minimum Gasteiger partial charge on any atom is -0.463 e. The van der Waals surface area contributed by atoms with Crippen LogP contribution in [0.25, 0.3) is 0 Å². The van der Waals surface area contributed by atoms with Crippen LogP contribution in [0.5, 0.6) is 0 Å². The van der Waals surface area contributed by atoms with Crippen LogP contribution >= 0.6 is 11.3 Å². The lowest BCUT2D eigenvalue weighted by Gasteiger charge is -2.33. The Kier molecular flexibility index (Phi) is 4.90. The Morgan fingerprint density at radius 2 is 2.12 bits per heavy atom. The fraction of sp³-hybridized carbons (Fsp3) is 0.474. The smallest absolute Gasteiger partial charge is 0.336 e. The standard InChI is InChI=1S/C19H23NO3S/c1-4-12-9-10-15(24-12)18-16(19(22)23-5-2)11(3)20-13-7-6-8-14(21)17(13)18/h9-10,18,20H,4-8H2,1-3H3/t18-/m0/s1. The monoisotopic (exact) mass is 345 g/mol. The maximum atomic E-state index is 12.7. The molecule has 0 bridgehead atoms. The molecule has 1 aromatic heterocycles. The van der Waals surface area contributed by atoms with Crippen molar-refractivity contribution in [3.05, 3.63) is 44.4 Å². The van der Waals surface area contributed by atoms with Gasteiger partial charge in [-0.2, -0.15) is 0 Å². The molecule has 5 heteroatoms. The van der Waals surface area contributed by atoms with E-state index in [2.05, 4.69) is 24.4 Å². The zero-order chi connectivity index (χ0) is 17.3. The Labute approximate surface area is 146 Å². The van der Waals surface area contributed by atoms with Crippen LogP contribution in [-0.2, 0) is 20.7 Å². The van der Waals surface area contributed by atoms with Crippen molar-refractivity contribution in [1.29, 1.82) is 0 Å². The van der Waals surface area contributed by atoms with Crippen LogP contribution in [0.4, 0.5) is 0 Å². The average Bonchev–Trinajstić information content (AvgIpc) is 3.02. The highest BCUT2D eigenvalue weighted by molar-refractivity contribution is 7.12. The molecule has 2 heterocycles. The third-order valence-electron chi connectivity index (χ3n) is 4.59. The molecule has 0 spiro atoms. The molecule has 1 aliphatic heterocycles. The van der Waals surface area contributed by atoms with Gasteiger partial charge in [0.2, 0.25) is 0 Å². The van der Waals surface area contributed by atoms with E-state index in [1.165, 1.54) is 4.88 Å². The number of ether oxygens (including phenoxy) is 1. The fourth-order valence-corrected chi connectivity index (χ4v) is 4.56. The van der Waals surface area contributed by atoms with Crippen molar-refractivity contribution in [2.75, 3.05) is 6.61 Å². The minimum atomic E-state index is -0.330. The Balaban J connectivity index is 2.13. The molecule has 2 aliphatic rings. The Morgan fingerprint density at radius 3 is 2.79 bits per heavy atom. The van der Waals surface area contributed by atoms with Crippen LogP contribution in [0.1, 0.15) is 55.7 Å². The van der Waals surface area contributed by atoms with E-state index in [0.717, 1.165) is 41.1 Å². The van der Waals surface area contributed by atoms with Crippen molar-refractivity contribution < 1.29 is 14.3 Å². The number of aryl methyl sites for hydroxylation is 1. The molecular weight excluding hydrogens is 322 g/mol. The van der Waals surface area contributed by atoms with Crippen molar-refractivity contribution in [2.24, 2.45) is 0 Å². The lowest BCUT2D eigenvalue weighted by Crippen LogP contribution is -2.34. The zero-order valence-corrected chi connectivity index (χ0v) is 15.2. The summed E-state index contributed by atoms with van der Waals surface area (Å²) in [6.07, 6.45) is 3.23. The predicted molar refractivity (Wildman–Crippen MR) is 94.8 cm³/mol. The summed E-state index contributed by atoms with van der Waals surface area (Å²) in [6.45, 7) is 6.14. The van der Waals surface area contributed by atoms with E-state index in [1.807, 2.05) is 6.92 Å². The van der Waals surface area contributed by atoms with Crippen LogP contribution in [-0.4, -0.2) is 18.4 Å². The van der Waals surface area contributed by atoms with Gasteiger partial charge in [-0.05, 0) is 45.2 Å². The first-order valence-electron chi connectivity index (χ1n) is 8.56. The van der Waals surface area contributed by atoms with Crippen molar-refractivity contribution in [3.63, 3.8) is 0 Å². The first-order valence-corrected chi connectivity index (χ1v) is 9.38. The van der Waals surface area contributed by atoms with Crippen molar-refractivity contribution in [1.82, 2.24) is 5.32 Å². The van der Waals surface area contributed by atoms with Gasteiger partial charge in [-0.25, -0.2) is 4.79 Å². The predicted octanol–water partition coefficient (Wildman–Crippen LogP) is 3.84. The Hall–Kier alpha value is -1.88. The van der Waals surface area contributed by atoms with E-state index in [4.69, 9.17) is 4.74 Å². The molecule has 0 radical (unpaired) electrons. The number of dihydropyridines is 1. The lowest BCUT2D eigenvalue weighted by molar-refractivity contribution is -0.138. The molecule has 1 aromatic rings. The topological polar surface area (TPSA) is 55.4 Å². The van der Waals surface area contributed by atoms with Crippen LogP contribution in [0.2, 0.25) is 0 Å². The average molecular weight is 345 g/mol. The molecule has 0 amide bonds. The Morgan fingerprint density at radius 1 is 1.33 bits per heavy atom. The normalized spacial score (nSPS) is 20.8. The van der Waals surface area contributed by atoms with Gasteiger partial charge in [0.05, 0.1) is 18.1 Å². The summed E-state index contributed by atoms with van der Waals surface area (Å²) in [6, 6.07) is 4.15. The summed E-state index contributed by atoms with van der Waals surface area (Å²) >= 11 is 1.68. The number of esters is 1. The van der Waals surface area contributed by atoms with Gasteiger partial charge in [0, 0.05) is 33.1 Å². The quantitative estimate of drug-likeness (QED) is 0.843. The third-order valence-corrected chi connectivity index (χ3v) is 5.88. The minimum absolute atomic E-state index is 0.148. The van der Waals surface area contributed by atoms with E-state index >= 15 is 0 Å². The summed E-state index contributed by atoms with van der Waals surface area (Å²) in [7, 11) is 0. The van der Waals surface area contributed by atoms with Gasteiger partial charge >= 0.3 is 5.97 Å². The number of hydrogen-bond acceptors (Lipinski definition) is 5. The first kappa shape index (κ1) is 17.0. The second kappa shape index (κ2) is 6.93. The second-order valence-corrected chi connectivity index (χ2v) is 7.34. The molecule has 1 aliphatic carbocycles. The molecule has 0 saturated carbocycles. The van der Waals surface area contributed by atoms with Gasteiger partial charge in [0.25, 0.3) is 0 Å². The maximum Gasteiger partial charge on any atom is 0.336 e. The molecule has 0 fully saturated rings. The highest BCUT2D eigenvalue weighted by atomic mass is 32.1. The van der Waals surface area contributed by atoms with Crippen LogP contribution in [0.3, 0.4) is 0 Å². The Bertz CT molecular complexity index is 742. The summed E-state index contributed by atoms with van der Waals surface area (Å²) in [5, 5.41) is 3.30. The number of carbonyl (C=O) groups excluding carboxylic acids is 2. The van der Waals surface area contributed by atoms with E-state index in [-0.39, 0.29) is 17.7 Å². The van der Waals surface area contributed by atoms with Crippen molar-refractivity contribution in [3.8, 4) is 0 Å². The zero-order valence-electron chi connectivity index (χ0n) is 14.4. The molecule has 128 valence electrons. The number of Topliss-reactive ketones (excluding diaryl/α,β-unsaturated/α-hetero) is 1. The number of nitrogens with one attached hydrogen (secondary N) is 1. The molecule has 0 aromatic carbocycles. The van der Waals surface area contributed by atoms with Crippen LogP contribution < -0.4 is 5.32 Å². The van der Waals surface area contributed by atoms with E-state index in [9.17, 15) is 9.59 Å². The lowest BCUT2D eigenvalue weighted by atomic mass is 9.78. The molecular formula is C19H23NO3S. The van der Waals surface area contributed by atoms with Crippen LogP contribution in [0, 0.1) is 0 Å². The van der Waals surface area contributed by atoms with Gasteiger partial charge in [-0.15, -0.1) is 11.3 Å². The summed E-state index contributed by atoms with van der Waals surface area (Å²) in [5.74, 6) is -0.475. The highest BCUT2D eigenvalue weighted by Gasteiger charge is 2.39. The number of ketones is 1. The maximum absolute atomic E-state index is 12.7. The SMILES string of the molecule is CCOC(=O)C1=C(C)NC2=C(C(=O)CCC2)[C@H]1c1ccc(CC)s1. The summed E-state index contributed by atoms with van der Waals surface area (Å²) in [5.41, 5.74) is 3.13. The number of rotatable bonds is 4. The van der Waals surface area contributed by atoms with Gasteiger partial charge in [0.1, 0.15) is 0 Å². The van der Waals surface area contributed by atoms with E-state index in [0.29, 0.717) is 18.6 Å². The number of carbonyl (C=O) groups is 2. The largest absolute Gasteiger partial charge is 0.463 e. The molecule has 24 heavy (non-hydrogen) atoms. The first-order chi connectivity index (χ1) is 11.6. The number of hydrogen-bond donors (Lipinski definition) is 1. The molecule has 3 rings (SSSR count). The number of thiophene rings is 1. The molecule has 0 unspecified atom stereocenters. The summed E-state index contributed by atoms with van der Waals surface area (Å²) in [4.78, 5) is 27.6. The van der Waals surface area contributed by atoms with E-state index < -0.39 is 0 Å². The highest BCUT2D eigenvalue weighted by Crippen LogP contribution is 2.44. The second-order valence-electron chi connectivity index (χ2n) is 6.14. The van der Waals surface area contributed by atoms with Gasteiger partial charge < -0.3 is 10.1 Å². The van der Waals surface area contributed by atoms with Gasteiger partial charge in [0.15, 0.2) is 5.78 Å². The van der Waals surface area contributed by atoms with Crippen molar-refractivity contribution >= 4 is 23.1 Å². The third kappa shape index (κ3) is 2.93. The van der Waals surface area contributed by atoms with E-state index in [1.54, 1.807) is 18.3 Å². The van der Waals surface area contributed by atoms with Gasteiger partial charge in [-0.1, -0.05) is 6.92 Å². The molecule has 1 N–H and O–H groups in total. The van der Waals surface area contributed by atoms with Crippen LogP contribution in [0.15, 0.2) is 34.7 Å². The molecule has 0 saturated heterocycles. The summed E-state index contributed by atoms with van der Waals surface area (Å²) < 4.78 is 5.29. The molecule has 4 nitrogen and oxygen atoms in total. The number of allylic oxidation sites excluding steroid dienone is 3. The van der Waals surface area contributed by atoms with Gasteiger partial charge in [-0.3, -0.25) is 4.79 Å².